The fourth-order valence-electron chi connectivity index (χ4n) is 1.24. The van der Waals surface area contributed by atoms with Crippen LogP contribution >= 0.6 is 0 Å². The highest BCUT2D eigenvalue weighted by atomic mass is 16.4. The molecule has 0 spiro atoms. The summed E-state index contributed by atoms with van der Waals surface area (Å²) in [6, 6.07) is 0. The number of hydrogen-bond donors (Lipinski definition) is 2. The van der Waals surface area contributed by atoms with Crippen LogP contribution in [0.3, 0.4) is 0 Å². The molecule has 0 atom stereocenters. The van der Waals surface area contributed by atoms with E-state index in [1.54, 1.807) is 12.2 Å². The van der Waals surface area contributed by atoms with Gasteiger partial charge in [-0.2, -0.15) is 0 Å². The van der Waals surface area contributed by atoms with Crippen LogP contribution in [0.2, 0.25) is 0 Å². The third-order valence-electron chi connectivity index (χ3n) is 2.16. The summed E-state index contributed by atoms with van der Waals surface area (Å²) in [6.07, 6.45) is 5.73. The van der Waals surface area contributed by atoms with E-state index in [0.29, 0.717) is 36.8 Å². The molecule has 0 aliphatic heterocycles. The lowest BCUT2D eigenvalue weighted by Crippen LogP contribution is -2.00. The highest BCUT2D eigenvalue weighted by Gasteiger charge is 2.05. The monoisotopic (exact) mass is 226 g/mol. The number of carbonyl (C=O) groups is 2. The molecule has 0 saturated carbocycles. The Bertz CT molecular complexity index is 313. The SMILES string of the molecule is CCC=C(CCCC=C(C)C(=O)O)C(=O)O. The Morgan fingerprint density at radius 2 is 1.75 bits per heavy atom. The van der Waals surface area contributed by atoms with Crippen molar-refractivity contribution in [3.05, 3.63) is 23.3 Å². The summed E-state index contributed by atoms with van der Waals surface area (Å²) in [7, 11) is 0. The summed E-state index contributed by atoms with van der Waals surface area (Å²) >= 11 is 0. The quantitative estimate of drug-likeness (QED) is 0.517. The summed E-state index contributed by atoms with van der Waals surface area (Å²) < 4.78 is 0. The molecule has 0 aromatic heterocycles. The van der Waals surface area contributed by atoms with Crippen LogP contribution in [0, 0.1) is 0 Å². The van der Waals surface area contributed by atoms with E-state index in [9.17, 15) is 9.59 Å². The second kappa shape index (κ2) is 7.68. The number of carboxylic acid groups (broad SMARTS) is 2. The fourth-order valence-corrected chi connectivity index (χ4v) is 1.24. The van der Waals surface area contributed by atoms with Gasteiger partial charge < -0.3 is 10.2 Å². The predicted octanol–water partition coefficient (Wildman–Crippen LogP) is 2.61. The third-order valence-corrected chi connectivity index (χ3v) is 2.16. The molecule has 4 heteroatoms. The first kappa shape index (κ1) is 14.4. The molecule has 0 heterocycles. The molecule has 0 rings (SSSR count). The van der Waals surface area contributed by atoms with Crippen molar-refractivity contribution in [1.82, 2.24) is 0 Å². The average Bonchev–Trinajstić information content (AvgIpc) is 2.21. The van der Waals surface area contributed by atoms with Gasteiger partial charge in [-0.05, 0) is 32.6 Å². The minimum atomic E-state index is -0.928. The van der Waals surface area contributed by atoms with Gasteiger partial charge in [0.15, 0.2) is 0 Å². The summed E-state index contributed by atoms with van der Waals surface area (Å²) in [6.45, 7) is 3.42. The zero-order valence-electron chi connectivity index (χ0n) is 9.69. The first-order valence-corrected chi connectivity index (χ1v) is 5.31. The van der Waals surface area contributed by atoms with Crippen molar-refractivity contribution < 1.29 is 19.8 Å². The van der Waals surface area contributed by atoms with Gasteiger partial charge in [0.25, 0.3) is 0 Å². The van der Waals surface area contributed by atoms with Crippen molar-refractivity contribution in [2.75, 3.05) is 0 Å². The van der Waals surface area contributed by atoms with Crippen LogP contribution in [0.4, 0.5) is 0 Å². The summed E-state index contributed by atoms with van der Waals surface area (Å²) in [5.74, 6) is -1.82. The van der Waals surface area contributed by atoms with E-state index >= 15 is 0 Å². The molecule has 16 heavy (non-hydrogen) atoms. The Morgan fingerprint density at radius 1 is 1.12 bits per heavy atom. The minimum Gasteiger partial charge on any atom is -0.478 e. The molecular formula is C12H18O4. The molecule has 0 unspecified atom stereocenters. The molecule has 0 aliphatic carbocycles. The van der Waals surface area contributed by atoms with Crippen molar-refractivity contribution >= 4 is 11.9 Å². The lowest BCUT2D eigenvalue weighted by atomic mass is 10.1. The van der Waals surface area contributed by atoms with Crippen LogP contribution < -0.4 is 0 Å². The molecule has 0 radical (unpaired) electrons. The maximum atomic E-state index is 10.7. The van der Waals surface area contributed by atoms with Gasteiger partial charge in [0, 0.05) is 11.1 Å². The van der Waals surface area contributed by atoms with Crippen LogP contribution in [0.15, 0.2) is 23.3 Å². The van der Waals surface area contributed by atoms with E-state index in [2.05, 4.69) is 0 Å². The Kier molecular flexibility index (Phi) is 6.92. The van der Waals surface area contributed by atoms with Crippen molar-refractivity contribution in [2.24, 2.45) is 0 Å². The largest absolute Gasteiger partial charge is 0.478 e. The molecule has 0 aromatic carbocycles. The molecule has 90 valence electrons. The van der Waals surface area contributed by atoms with Gasteiger partial charge in [-0.3, -0.25) is 0 Å². The van der Waals surface area contributed by atoms with Crippen LogP contribution in [-0.2, 0) is 9.59 Å². The Labute approximate surface area is 95.3 Å². The van der Waals surface area contributed by atoms with E-state index in [1.807, 2.05) is 6.92 Å². The van der Waals surface area contributed by atoms with Gasteiger partial charge in [0.2, 0.25) is 0 Å². The summed E-state index contributed by atoms with van der Waals surface area (Å²) in [5, 5.41) is 17.4. The number of carboxylic acids is 2. The van der Waals surface area contributed by atoms with Crippen LogP contribution in [0.25, 0.3) is 0 Å². The lowest BCUT2D eigenvalue weighted by Gasteiger charge is -2.00. The molecule has 2 N–H and O–H groups in total. The molecule has 0 aromatic rings. The van der Waals surface area contributed by atoms with Crippen molar-refractivity contribution in [1.29, 1.82) is 0 Å². The summed E-state index contributed by atoms with van der Waals surface area (Å²) in [5.41, 5.74) is 0.709. The van der Waals surface area contributed by atoms with Crippen molar-refractivity contribution in [3.63, 3.8) is 0 Å². The standard InChI is InChI=1S/C12H18O4/c1-3-6-10(12(15)16)8-5-4-7-9(2)11(13)14/h6-7H,3-5,8H2,1-2H3,(H,13,14)(H,15,16). The van der Waals surface area contributed by atoms with Gasteiger partial charge in [0.05, 0.1) is 0 Å². The van der Waals surface area contributed by atoms with Gasteiger partial charge in [-0.1, -0.05) is 19.1 Å². The second-order valence-electron chi connectivity index (χ2n) is 3.53. The maximum absolute atomic E-state index is 10.7. The zero-order valence-corrected chi connectivity index (χ0v) is 9.69. The third kappa shape index (κ3) is 6.01. The Morgan fingerprint density at radius 3 is 2.19 bits per heavy atom. The molecule has 4 nitrogen and oxygen atoms in total. The minimum absolute atomic E-state index is 0.302. The van der Waals surface area contributed by atoms with E-state index in [4.69, 9.17) is 10.2 Å². The highest BCUT2D eigenvalue weighted by Crippen LogP contribution is 2.10. The number of rotatable bonds is 7. The summed E-state index contributed by atoms with van der Waals surface area (Å²) in [4.78, 5) is 21.2. The number of unbranched alkanes of at least 4 members (excludes halogenated alkanes) is 1. The normalized spacial score (nSPS) is 12.6. The van der Waals surface area contributed by atoms with Crippen molar-refractivity contribution in [2.45, 2.75) is 39.5 Å². The van der Waals surface area contributed by atoms with Gasteiger partial charge in [0.1, 0.15) is 0 Å². The van der Waals surface area contributed by atoms with Crippen LogP contribution in [0.5, 0.6) is 0 Å². The van der Waals surface area contributed by atoms with Crippen LogP contribution in [0.1, 0.15) is 39.5 Å². The first-order valence-electron chi connectivity index (χ1n) is 5.31. The average molecular weight is 226 g/mol. The second-order valence-corrected chi connectivity index (χ2v) is 3.53. The van der Waals surface area contributed by atoms with E-state index in [0.717, 1.165) is 0 Å². The van der Waals surface area contributed by atoms with Gasteiger partial charge in [-0.25, -0.2) is 9.59 Å². The molecule has 0 saturated heterocycles. The van der Waals surface area contributed by atoms with E-state index in [-0.39, 0.29) is 0 Å². The van der Waals surface area contributed by atoms with Crippen molar-refractivity contribution in [3.8, 4) is 0 Å². The first-order chi connectivity index (χ1) is 7.49. The number of aliphatic carboxylic acids is 2. The van der Waals surface area contributed by atoms with Gasteiger partial charge >= 0.3 is 11.9 Å². The van der Waals surface area contributed by atoms with Crippen LogP contribution in [-0.4, -0.2) is 22.2 Å². The number of allylic oxidation sites excluding steroid dienone is 2. The Balaban J connectivity index is 4.07. The lowest BCUT2D eigenvalue weighted by molar-refractivity contribution is -0.133. The maximum Gasteiger partial charge on any atom is 0.331 e. The zero-order chi connectivity index (χ0) is 12.6. The Hall–Kier alpha value is -1.58. The fraction of sp³-hybridized carbons (Fsp3) is 0.500. The smallest absolute Gasteiger partial charge is 0.331 e. The highest BCUT2D eigenvalue weighted by molar-refractivity contribution is 5.86. The van der Waals surface area contributed by atoms with E-state index < -0.39 is 11.9 Å². The molecular weight excluding hydrogens is 208 g/mol. The molecule has 0 bridgehead atoms. The molecule has 0 fully saturated rings. The van der Waals surface area contributed by atoms with E-state index in [1.165, 1.54) is 6.92 Å². The number of hydrogen-bond acceptors (Lipinski definition) is 2. The molecule has 0 amide bonds. The van der Waals surface area contributed by atoms with Gasteiger partial charge in [-0.15, -0.1) is 0 Å². The molecule has 0 aliphatic rings. The topological polar surface area (TPSA) is 74.6 Å². The predicted molar refractivity (Wildman–Crippen MR) is 61.3 cm³/mol.